The van der Waals surface area contributed by atoms with Crippen molar-refractivity contribution in [3.8, 4) is 0 Å². The van der Waals surface area contributed by atoms with Gasteiger partial charge in [-0.15, -0.1) is 0 Å². The lowest BCUT2D eigenvalue weighted by atomic mass is 10.1. The van der Waals surface area contributed by atoms with Crippen LogP contribution < -0.4 is 5.73 Å². The standard InChI is InChI=1S/C6H5NO2/c7-4-2-1-3-5(8)6(4)9/h1-3H,7H2. The lowest BCUT2D eigenvalue weighted by molar-refractivity contribution is -0.131. The summed E-state index contributed by atoms with van der Waals surface area (Å²) < 4.78 is 0. The number of Topliss-reactive ketones (excluding diaryl/α,β-unsaturated/α-hetero) is 1. The SMILES string of the molecule is NC1=CC=CC(=O)C1=O. The van der Waals surface area contributed by atoms with E-state index < -0.39 is 11.6 Å². The fourth-order valence-electron chi connectivity index (χ4n) is 0.533. The molecule has 0 aliphatic heterocycles. The van der Waals surface area contributed by atoms with Crippen LogP contribution in [-0.2, 0) is 9.59 Å². The van der Waals surface area contributed by atoms with Crippen LogP contribution in [0.15, 0.2) is 23.9 Å². The average molecular weight is 123 g/mol. The van der Waals surface area contributed by atoms with Crippen molar-refractivity contribution in [2.24, 2.45) is 5.73 Å². The van der Waals surface area contributed by atoms with Crippen molar-refractivity contribution in [2.75, 3.05) is 0 Å². The topological polar surface area (TPSA) is 60.2 Å². The molecule has 0 atom stereocenters. The predicted octanol–water partition coefficient (Wildman–Crippen LogP) is -0.463. The first-order valence-electron chi connectivity index (χ1n) is 2.44. The van der Waals surface area contributed by atoms with Gasteiger partial charge in [-0.3, -0.25) is 9.59 Å². The molecule has 1 aliphatic rings. The van der Waals surface area contributed by atoms with Crippen molar-refractivity contribution < 1.29 is 9.59 Å². The molecule has 0 aromatic rings. The maximum Gasteiger partial charge on any atom is 0.248 e. The molecule has 9 heavy (non-hydrogen) atoms. The normalized spacial score (nSPS) is 18.0. The monoisotopic (exact) mass is 123 g/mol. The molecule has 0 saturated carbocycles. The molecule has 0 amide bonds. The third-order valence-electron chi connectivity index (χ3n) is 1.01. The Hall–Kier alpha value is -1.38. The molecule has 46 valence electrons. The smallest absolute Gasteiger partial charge is 0.248 e. The van der Waals surface area contributed by atoms with Crippen LogP contribution in [0.4, 0.5) is 0 Å². The lowest BCUT2D eigenvalue weighted by Gasteiger charge is -1.97. The van der Waals surface area contributed by atoms with Crippen molar-refractivity contribution in [1.29, 1.82) is 0 Å². The van der Waals surface area contributed by atoms with E-state index in [0.29, 0.717) is 0 Å². The molecule has 2 N–H and O–H groups in total. The second-order valence-electron chi connectivity index (χ2n) is 1.67. The quantitative estimate of drug-likeness (QED) is 0.350. The summed E-state index contributed by atoms with van der Waals surface area (Å²) in [6.45, 7) is 0. The molecule has 1 aliphatic carbocycles. The van der Waals surface area contributed by atoms with Gasteiger partial charge in [0.2, 0.25) is 11.6 Å². The summed E-state index contributed by atoms with van der Waals surface area (Å²) in [7, 11) is 0. The van der Waals surface area contributed by atoms with E-state index in [4.69, 9.17) is 5.73 Å². The molecule has 0 aromatic carbocycles. The maximum absolute atomic E-state index is 10.5. The van der Waals surface area contributed by atoms with Crippen LogP contribution in [0, 0.1) is 0 Å². The Morgan fingerprint density at radius 3 is 2.44 bits per heavy atom. The van der Waals surface area contributed by atoms with Gasteiger partial charge in [-0.25, -0.2) is 0 Å². The largest absolute Gasteiger partial charge is 0.395 e. The van der Waals surface area contributed by atoms with E-state index in [1.165, 1.54) is 18.2 Å². The van der Waals surface area contributed by atoms with E-state index >= 15 is 0 Å². The molecule has 0 radical (unpaired) electrons. The summed E-state index contributed by atoms with van der Waals surface area (Å²) in [5.74, 6) is -1.16. The number of rotatable bonds is 0. The number of hydrogen-bond acceptors (Lipinski definition) is 3. The minimum absolute atomic E-state index is 0.0162. The highest BCUT2D eigenvalue weighted by Crippen LogP contribution is 1.97. The van der Waals surface area contributed by atoms with E-state index in [1.54, 1.807) is 0 Å². The zero-order valence-corrected chi connectivity index (χ0v) is 4.63. The minimum Gasteiger partial charge on any atom is -0.395 e. The van der Waals surface area contributed by atoms with Crippen molar-refractivity contribution >= 4 is 11.6 Å². The lowest BCUT2D eigenvalue weighted by Crippen LogP contribution is -2.21. The maximum atomic E-state index is 10.5. The van der Waals surface area contributed by atoms with Gasteiger partial charge in [-0.1, -0.05) is 6.08 Å². The number of hydrogen-bond donors (Lipinski definition) is 1. The van der Waals surface area contributed by atoms with Crippen molar-refractivity contribution in [1.82, 2.24) is 0 Å². The number of nitrogens with two attached hydrogens (primary N) is 1. The third kappa shape index (κ3) is 0.887. The molecule has 0 fully saturated rings. The number of carbonyl (C=O) groups is 2. The zero-order chi connectivity index (χ0) is 6.85. The Kier molecular flexibility index (Phi) is 1.18. The first-order valence-corrected chi connectivity index (χ1v) is 2.44. The van der Waals surface area contributed by atoms with E-state index in [0.717, 1.165) is 0 Å². The predicted molar refractivity (Wildman–Crippen MR) is 31.4 cm³/mol. The molecule has 0 bridgehead atoms. The highest BCUT2D eigenvalue weighted by Gasteiger charge is 2.14. The van der Waals surface area contributed by atoms with Gasteiger partial charge < -0.3 is 5.73 Å². The zero-order valence-electron chi connectivity index (χ0n) is 4.63. The molecule has 0 saturated heterocycles. The van der Waals surface area contributed by atoms with Crippen LogP contribution in [0.5, 0.6) is 0 Å². The van der Waals surface area contributed by atoms with Crippen molar-refractivity contribution in [3.05, 3.63) is 23.9 Å². The molecule has 0 heterocycles. The van der Waals surface area contributed by atoms with Crippen LogP contribution in [0.25, 0.3) is 0 Å². The summed E-state index contributed by atoms with van der Waals surface area (Å²) >= 11 is 0. The fourth-order valence-corrected chi connectivity index (χ4v) is 0.533. The van der Waals surface area contributed by atoms with Crippen molar-refractivity contribution in [2.45, 2.75) is 0 Å². The van der Waals surface area contributed by atoms with Gasteiger partial charge >= 0.3 is 0 Å². The molecular formula is C6H5NO2. The van der Waals surface area contributed by atoms with Gasteiger partial charge in [-0.05, 0) is 12.2 Å². The minimum atomic E-state index is -0.613. The fraction of sp³-hybridized carbons (Fsp3) is 0. The average Bonchev–Trinajstić information content (AvgIpc) is 1.83. The molecule has 0 spiro atoms. The van der Waals surface area contributed by atoms with Gasteiger partial charge in [-0.2, -0.15) is 0 Å². The Morgan fingerprint density at radius 1 is 1.33 bits per heavy atom. The third-order valence-corrected chi connectivity index (χ3v) is 1.01. The number of allylic oxidation sites excluding steroid dienone is 4. The summed E-state index contributed by atoms with van der Waals surface area (Å²) in [4.78, 5) is 21.0. The molecular weight excluding hydrogens is 118 g/mol. The van der Waals surface area contributed by atoms with Crippen LogP contribution in [-0.4, -0.2) is 11.6 Å². The highest BCUT2D eigenvalue weighted by atomic mass is 16.2. The van der Waals surface area contributed by atoms with Gasteiger partial charge in [0, 0.05) is 0 Å². The van der Waals surface area contributed by atoms with Crippen LogP contribution in [0.2, 0.25) is 0 Å². The molecule has 0 unspecified atom stereocenters. The molecule has 1 rings (SSSR count). The Balaban J connectivity index is 3.00. The molecule has 3 heteroatoms. The summed E-state index contributed by atoms with van der Waals surface area (Å²) in [5.41, 5.74) is 5.12. The highest BCUT2D eigenvalue weighted by molar-refractivity contribution is 6.47. The van der Waals surface area contributed by atoms with E-state index in [2.05, 4.69) is 0 Å². The summed E-state index contributed by atoms with van der Waals surface area (Å²) in [5, 5.41) is 0. The van der Waals surface area contributed by atoms with E-state index in [1.807, 2.05) is 0 Å². The van der Waals surface area contributed by atoms with Crippen LogP contribution >= 0.6 is 0 Å². The summed E-state index contributed by atoms with van der Waals surface area (Å²) in [6, 6.07) is 0. The van der Waals surface area contributed by atoms with Gasteiger partial charge in [0.15, 0.2) is 0 Å². The van der Waals surface area contributed by atoms with Gasteiger partial charge in [0.1, 0.15) is 0 Å². The van der Waals surface area contributed by atoms with Gasteiger partial charge in [0.25, 0.3) is 0 Å². The Morgan fingerprint density at radius 2 is 2.00 bits per heavy atom. The number of carbonyl (C=O) groups excluding carboxylic acids is 2. The van der Waals surface area contributed by atoms with E-state index in [-0.39, 0.29) is 5.70 Å². The first-order chi connectivity index (χ1) is 4.22. The molecule has 3 nitrogen and oxygen atoms in total. The van der Waals surface area contributed by atoms with Crippen LogP contribution in [0.1, 0.15) is 0 Å². The van der Waals surface area contributed by atoms with Crippen LogP contribution in [0.3, 0.4) is 0 Å². The molecule has 0 aromatic heterocycles. The van der Waals surface area contributed by atoms with Crippen molar-refractivity contribution in [3.63, 3.8) is 0 Å². The summed E-state index contributed by atoms with van der Waals surface area (Å²) in [6.07, 6.45) is 4.06. The second-order valence-corrected chi connectivity index (χ2v) is 1.67. The Labute approximate surface area is 51.8 Å². The van der Waals surface area contributed by atoms with Gasteiger partial charge in [0.05, 0.1) is 5.70 Å². The first kappa shape index (κ1) is 5.75. The Bertz CT molecular complexity index is 225. The second kappa shape index (κ2) is 1.85. The number of ketones is 2. The van der Waals surface area contributed by atoms with E-state index in [9.17, 15) is 9.59 Å².